The van der Waals surface area contributed by atoms with E-state index < -0.39 is 0 Å². The van der Waals surface area contributed by atoms with Crippen molar-refractivity contribution in [1.82, 2.24) is 5.43 Å². The fraction of sp³-hybridized carbons (Fsp3) is 0.294. The molecule has 1 atom stereocenters. The molecular weight excluding hydrogens is 268 g/mol. The van der Waals surface area contributed by atoms with Crippen molar-refractivity contribution in [3.05, 3.63) is 69.7 Å². The Balaban J connectivity index is 2.36. The van der Waals surface area contributed by atoms with Gasteiger partial charge >= 0.3 is 0 Å². The van der Waals surface area contributed by atoms with Crippen LogP contribution in [0.4, 0.5) is 0 Å². The minimum Gasteiger partial charge on any atom is -0.271 e. The second-order valence-corrected chi connectivity index (χ2v) is 5.51. The van der Waals surface area contributed by atoms with Crippen LogP contribution in [0.3, 0.4) is 0 Å². The molecule has 0 saturated carbocycles. The third-order valence-corrected chi connectivity index (χ3v) is 3.93. The highest BCUT2D eigenvalue weighted by Crippen LogP contribution is 2.26. The molecule has 3 N–H and O–H groups in total. The van der Waals surface area contributed by atoms with E-state index in [1.165, 1.54) is 11.1 Å². The van der Waals surface area contributed by atoms with Crippen molar-refractivity contribution in [3.63, 3.8) is 0 Å². The SMILES string of the molecule is CCCc1cccc(C(NN)c2ccc(C)c(Cl)c2)c1. The monoisotopic (exact) mass is 288 g/mol. The zero-order valence-corrected chi connectivity index (χ0v) is 12.7. The van der Waals surface area contributed by atoms with Gasteiger partial charge in [0.25, 0.3) is 0 Å². The molecule has 0 aliphatic heterocycles. The second-order valence-electron chi connectivity index (χ2n) is 5.10. The Labute approximate surface area is 125 Å². The van der Waals surface area contributed by atoms with E-state index in [1.807, 2.05) is 19.1 Å². The first kappa shape index (κ1) is 15.0. The van der Waals surface area contributed by atoms with Crippen molar-refractivity contribution in [1.29, 1.82) is 0 Å². The second kappa shape index (κ2) is 6.89. The molecule has 0 amide bonds. The number of benzene rings is 2. The molecule has 0 fully saturated rings. The molecule has 0 aliphatic carbocycles. The summed E-state index contributed by atoms with van der Waals surface area (Å²) in [5.41, 5.74) is 7.55. The highest BCUT2D eigenvalue weighted by Gasteiger charge is 2.13. The summed E-state index contributed by atoms with van der Waals surface area (Å²) in [6.07, 6.45) is 2.22. The molecule has 0 aliphatic rings. The van der Waals surface area contributed by atoms with Gasteiger partial charge in [0, 0.05) is 5.02 Å². The Hall–Kier alpha value is -1.35. The summed E-state index contributed by atoms with van der Waals surface area (Å²) >= 11 is 6.21. The standard InChI is InChI=1S/C17H21ClN2/c1-3-5-13-6-4-7-14(10-13)17(20-19)15-9-8-12(2)16(18)11-15/h4,6-11,17,20H,3,5,19H2,1-2H3. The van der Waals surface area contributed by atoms with E-state index in [0.717, 1.165) is 29.0 Å². The van der Waals surface area contributed by atoms with Crippen LogP contribution in [0.15, 0.2) is 42.5 Å². The van der Waals surface area contributed by atoms with E-state index in [9.17, 15) is 0 Å². The molecule has 2 rings (SSSR count). The van der Waals surface area contributed by atoms with Gasteiger partial charge in [0.1, 0.15) is 0 Å². The zero-order chi connectivity index (χ0) is 14.5. The van der Waals surface area contributed by atoms with Gasteiger partial charge < -0.3 is 0 Å². The van der Waals surface area contributed by atoms with Crippen LogP contribution in [0.1, 0.15) is 41.6 Å². The van der Waals surface area contributed by atoms with Crippen molar-refractivity contribution in [2.45, 2.75) is 32.7 Å². The average molecular weight is 289 g/mol. The largest absolute Gasteiger partial charge is 0.271 e. The van der Waals surface area contributed by atoms with Crippen LogP contribution in [0.5, 0.6) is 0 Å². The van der Waals surface area contributed by atoms with Crippen LogP contribution in [-0.4, -0.2) is 0 Å². The topological polar surface area (TPSA) is 38.0 Å². The number of halogens is 1. The van der Waals surface area contributed by atoms with Crippen molar-refractivity contribution in [2.75, 3.05) is 0 Å². The van der Waals surface area contributed by atoms with Gasteiger partial charge in [-0.2, -0.15) is 0 Å². The maximum absolute atomic E-state index is 6.21. The van der Waals surface area contributed by atoms with Crippen molar-refractivity contribution < 1.29 is 0 Å². The highest BCUT2D eigenvalue weighted by atomic mass is 35.5. The van der Waals surface area contributed by atoms with Crippen LogP contribution in [0.2, 0.25) is 5.02 Å². The number of hydrogen-bond acceptors (Lipinski definition) is 2. The lowest BCUT2D eigenvalue weighted by Gasteiger charge is -2.18. The van der Waals surface area contributed by atoms with E-state index in [0.29, 0.717) is 0 Å². The predicted octanol–water partition coefficient (Wildman–Crippen LogP) is 4.15. The van der Waals surface area contributed by atoms with E-state index >= 15 is 0 Å². The van der Waals surface area contributed by atoms with Gasteiger partial charge in [0.05, 0.1) is 6.04 Å². The van der Waals surface area contributed by atoms with E-state index in [1.54, 1.807) is 0 Å². The Morgan fingerprint density at radius 3 is 2.55 bits per heavy atom. The van der Waals surface area contributed by atoms with Crippen LogP contribution in [-0.2, 0) is 6.42 Å². The summed E-state index contributed by atoms with van der Waals surface area (Å²) in [6, 6.07) is 14.6. The fourth-order valence-electron chi connectivity index (χ4n) is 2.39. The lowest BCUT2D eigenvalue weighted by atomic mass is 9.96. The van der Waals surface area contributed by atoms with E-state index in [2.05, 4.69) is 42.7 Å². The van der Waals surface area contributed by atoms with Gasteiger partial charge in [-0.15, -0.1) is 0 Å². The van der Waals surface area contributed by atoms with Crippen molar-refractivity contribution in [3.8, 4) is 0 Å². The quantitative estimate of drug-likeness (QED) is 0.640. The third kappa shape index (κ3) is 3.40. The zero-order valence-electron chi connectivity index (χ0n) is 12.0. The number of hydrogen-bond donors (Lipinski definition) is 2. The summed E-state index contributed by atoms with van der Waals surface area (Å²) in [6.45, 7) is 4.18. The third-order valence-electron chi connectivity index (χ3n) is 3.52. The molecule has 0 bridgehead atoms. The molecule has 2 nitrogen and oxygen atoms in total. The van der Waals surface area contributed by atoms with E-state index in [4.69, 9.17) is 17.4 Å². The van der Waals surface area contributed by atoms with E-state index in [-0.39, 0.29) is 6.04 Å². The molecular formula is C17H21ClN2. The minimum absolute atomic E-state index is 0.0371. The van der Waals surface area contributed by atoms with Gasteiger partial charge in [-0.05, 0) is 41.7 Å². The number of rotatable bonds is 5. The van der Waals surface area contributed by atoms with Gasteiger partial charge in [-0.25, -0.2) is 5.43 Å². The van der Waals surface area contributed by atoms with Gasteiger partial charge in [-0.1, -0.05) is 61.3 Å². The van der Waals surface area contributed by atoms with Gasteiger partial charge in [0.15, 0.2) is 0 Å². The van der Waals surface area contributed by atoms with Gasteiger partial charge in [-0.3, -0.25) is 5.84 Å². The first-order valence-electron chi connectivity index (χ1n) is 6.96. The maximum atomic E-state index is 6.21. The molecule has 0 saturated heterocycles. The Morgan fingerprint density at radius 1 is 1.15 bits per heavy atom. The number of aryl methyl sites for hydroxylation is 2. The number of nitrogens with one attached hydrogen (secondary N) is 1. The summed E-state index contributed by atoms with van der Waals surface area (Å²) in [5.74, 6) is 5.76. The lowest BCUT2D eigenvalue weighted by molar-refractivity contribution is 0.636. The first-order chi connectivity index (χ1) is 9.65. The van der Waals surface area contributed by atoms with Crippen molar-refractivity contribution in [2.24, 2.45) is 5.84 Å². The first-order valence-corrected chi connectivity index (χ1v) is 7.34. The lowest BCUT2D eigenvalue weighted by Crippen LogP contribution is -2.28. The summed E-state index contributed by atoms with van der Waals surface area (Å²) in [4.78, 5) is 0. The number of hydrazine groups is 1. The average Bonchev–Trinajstić information content (AvgIpc) is 2.44. The molecule has 2 aromatic carbocycles. The van der Waals surface area contributed by atoms with Crippen LogP contribution in [0, 0.1) is 6.92 Å². The van der Waals surface area contributed by atoms with Crippen LogP contribution < -0.4 is 11.3 Å². The highest BCUT2D eigenvalue weighted by molar-refractivity contribution is 6.31. The summed E-state index contributed by atoms with van der Waals surface area (Å²) in [5, 5.41) is 0.771. The Morgan fingerprint density at radius 2 is 1.90 bits per heavy atom. The van der Waals surface area contributed by atoms with Crippen LogP contribution in [0.25, 0.3) is 0 Å². The Bertz CT molecular complexity index is 581. The summed E-state index contributed by atoms with van der Waals surface area (Å²) < 4.78 is 0. The molecule has 3 heteroatoms. The predicted molar refractivity (Wildman–Crippen MR) is 85.8 cm³/mol. The minimum atomic E-state index is -0.0371. The fourth-order valence-corrected chi connectivity index (χ4v) is 2.58. The smallest absolute Gasteiger partial charge is 0.0710 e. The molecule has 1 unspecified atom stereocenters. The molecule has 0 spiro atoms. The molecule has 20 heavy (non-hydrogen) atoms. The molecule has 106 valence electrons. The number of nitrogens with two attached hydrogens (primary N) is 1. The Kier molecular flexibility index (Phi) is 5.18. The summed E-state index contributed by atoms with van der Waals surface area (Å²) in [7, 11) is 0. The normalized spacial score (nSPS) is 12.4. The molecule has 0 radical (unpaired) electrons. The molecule has 0 heterocycles. The van der Waals surface area contributed by atoms with Crippen molar-refractivity contribution >= 4 is 11.6 Å². The van der Waals surface area contributed by atoms with Crippen LogP contribution >= 0.6 is 11.6 Å². The van der Waals surface area contributed by atoms with Gasteiger partial charge in [0.2, 0.25) is 0 Å². The molecule has 2 aromatic rings. The molecule has 0 aromatic heterocycles. The maximum Gasteiger partial charge on any atom is 0.0710 e.